The molecule has 0 spiro atoms. The lowest BCUT2D eigenvalue weighted by Crippen LogP contribution is -2.02. The Morgan fingerprint density at radius 2 is 2.30 bits per heavy atom. The van der Waals surface area contributed by atoms with Gasteiger partial charge in [-0.25, -0.2) is 0 Å². The maximum atomic E-state index is 5.00. The molecular weight excluding hydrogens is 164 g/mol. The smallest absolute Gasteiger partial charge is 0.101 e. The first-order valence-electron chi connectivity index (χ1n) is 2.88. The molecule has 1 aromatic rings. The minimum atomic E-state index is 0.789. The van der Waals surface area contributed by atoms with E-state index in [2.05, 4.69) is 8.75 Å². The Balaban J connectivity index is 2.52. The molecule has 0 saturated heterocycles. The number of rotatable bonds is 0. The van der Waals surface area contributed by atoms with Crippen molar-refractivity contribution in [3.63, 3.8) is 0 Å². The average molecular weight is 168 g/mol. The van der Waals surface area contributed by atoms with Crippen LogP contribution in [0.2, 0.25) is 0 Å². The predicted molar refractivity (Wildman–Crippen MR) is 45.2 cm³/mol. The number of aromatic nitrogens is 2. The monoisotopic (exact) mass is 168 g/mol. The van der Waals surface area contributed by atoms with Crippen LogP contribution in [0, 0.1) is 0 Å². The van der Waals surface area contributed by atoms with Crippen molar-refractivity contribution < 1.29 is 0 Å². The molecule has 0 bridgehead atoms. The van der Waals surface area contributed by atoms with E-state index >= 15 is 0 Å². The highest BCUT2D eigenvalue weighted by Crippen LogP contribution is 2.14. The molecule has 0 fully saturated rings. The van der Waals surface area contributed by atoms with Crippen LogP contribution in [0.1, 0.15) is 11.4 Å². The highest BCUT2D eigenvalue weighted by atomic mass is 32.1. The average Bonchev–Trinajstić information content (AvgIpc) is 2.33. The van der Waals surface area contributed by atoms with E-state index < -0.39 is 0 Å². The molecule has 50 valence electrons. The largest absolute Gasteiger partial charge is 0.177 e. The zero-order valence-electron chi connectivity index (χ0n) is 5.07. The molecule has 10 heavy (non-hydrogen) atoms. The molecule has 4 heteroatoms. The Morgan fingerprint density at radius 1 is 1.40 bits per heavy atom. The van der Waals surface area contributed by atoms with Crippen LogP contribution < -0.4 is 0 Å². The SMILES string of the molecule is S=C1C=Cc2nsnc2C1. The Morgan fingerprint density at radius 3 is 3.20 bits per heavy atom. The van der Waals surface area contributed by atoms with Gasteiger partial charge in [-0.1, -0.05) is 12.2 Å². The minimum absolute atomic E-state index is 0.789. The molecule has 0 atom stereocenters. The van der Waals surface area contributed by atoms with Gasteiger partial charge in [0, 0.05) is 11.3 Å². The second kappa shape index (κ2) is 2.21. The first-order chi connectivity index (χ1) is 4.86. The van der Waals surface area contributed by atoms with Crippen molar-refractivity contribution in [2.75, 3.05) is 0 Å². The van der Waals surface area contributed by atoms with Crippen molar-refractivity contribution >= 4 is 34.9 Å². The van der Waals surface area contributed by atoms with Gasteiger partial charge in [0.1, 0.15) is 5.69 Å². The summed E-state index contributed by atoms with van der Waals surface area (Å²) >= 11 is 6.24. The fraction of sp³-hybridized carbons (Fsp3) is 0.167. The third-order valence-electron chi connectivity index (χ3n) is 1.35. The van der Waals surface area contributed by atoms with Crippen LogP contribution in [-0.4, -0.2) is 13.6 Å². The summed E-state index contributed by atoms with van der Waals surface area (Å²) in [5, 5.41) is 0. The maximum Gasteiger partial charge on any atom is 0.101 e. The Labute approximate surface area is 67.9 Å². The normalized spacial score (nSPS) is 15.4. The molecule has 1 heterocycles. The Kier molecular flexibility index (Phi) is 1.35. The van der Waals surface area contributed by atoms with Crippen molar-refractivity contribution in [2.45, 2.75) is 6.42 Å². The van der Waals surface area contributed by atoms with Gasteiger partial charge in [0.05, 0.1) is 17.4 Å². The van der Waals surface area contributed by atoms with Crippen molar-refractivity contribution in [2.24, 2.45) is 0 Å². The molecule has 2 nitrogen and oxygen atoms in total. The summed E-state index contributed by atoms with van der Waals surface area (Å²) in [6.45, 7) is 0. The van der Waals surface area contributed by atoms with Gasteiger partial charge in [-0.15, -0.1) is 0 Å². The van der Waals surface area contributed by atoms with Crippen LogP contribution in [0.3, 0.4) is 0 Å². The van der Waals surface area contributed by atoms with Gasteiger partial charge in [-0.3, -0.25) is 0 Å². The van der Waals surface area contributed by atoms with Crippen LogP contribution in [0.5, 0.6) is 0 Å². The topological polar surface area (TPSA) is 25.8 Å². The van der Waals surface area contributed by atoms with Crippen molar-refractivity contribution in [3.8, 4) is 0 Å². The molecule has 0 amide bonds. The van der Waals surface area contributed by atoms with Crippen molar-refractivity contribution in [1.29, 1.82) is 0 Å². The zero-order chi connectivity index (χ0) is 6.97. The Bertz CT molecular complexity index is 300. The van der Waals surface area contributed by atoms with Gasteiger partial charge in [0.15, 0.2) is 0 Å². The van der Waals surface area contributed by atoms with Gasteiger partial charge in [-0.05, 0) is 12.2 Å². The zero-order valence-corrected chi connectivity index (χ0v) is 6.71. The molecular formula is C6H4N2S2. The molecule has 0 aliphatic heterocycles. The molecule has 0 unspecified atom stereocenters. The van der Waals surface area contributed by atoms with E-state index in [9.17, 15) is 0 Å². The molecule has 0 N–H and O–H groups in total. The summed E-state index contributed by atoms with van der Waals surface area (Å²) in [5.74, 6) is 0. The van der Waals surface area contributed by atoms with E-state index in [0.717, 1.165) is 22.7 Å². The van der Waals surface area contributed by atoms with Gasteiger partial charge in [-0.2, -0.15) is 8.75 Å². The standard InChI is InChI=1S/C6H4N2S2/c9-4-1-2-5-6(3-4)8-10-7-5/h1-2H,3H2. The minimum Gasteiger partial charge on any atom is -0.177 e. The Hall–Kier alpha value is -0.610. The number of allylic oxidation sites excluding steroid dienone is 1. The van der Waals surface area contributed by atoms with E-state index in [-0.39, 0.29) is 0 Å². The van der Waals surface area contributed by atoms with Gasteiger partial charge in [0.2, 0.25) is 0 Å². The van der Waals surface area contributed by atoms with Gasteiger partial charge >= 0.3 is 0 Å². The van der Waals surface area contributed by atoms with E-state index in [1.54, 1.807) is 0 Å². The molecule has 2 rings (SSSR count). The summed E-state index contributed by atoms with van der Waals surface area (Å²) in [5.41, 5.74) is 2.01. The molecule has 1 aliphatic carbocycles. The lowest BCUT2D eigenvalue weighted by molar-refractivity contribution is 1.22. The fourth-order valence-corrected chi connectivity index (χ4v) is 1.61. The molecule has 0 aromatic carbocycles. The lowest BCUT2D eigenvalue weighted by atomic mass is 10.1. The molecule has 1 aromatic heterocycles. The second-order valence-electron chi connectivity index (χ2n) is 2.07. The van der Waals surface area contributed by atoms with E-state index in [1.807, 2.05) is 12.2 Å². The molecule has 0 saturated carbocycles. The first kappa shape index (κ1) is 6.12. The summed E-state index contributed by atoms with van der Waals surface area (Å²) in [6.07, 6.45) is 4.63. The quantitative estimate of drug-likeness (QED) is 0.549. The molecule has 0 radical (unpaired) electrons. The van der Waals surface area contributed by atoms with Crippen molar-refractivity contribution in [1.82, 2.24) is 8.75 Å². The maximum absolute atomic E-state index is 5.00. The number of nitrogens with zero attached hydrogens (tertiary/aromatic N) is 2. The fourth-order valence-electron chi connectivity index (χ4n) is 0.858. The second-order valence-corrected chi connectivity index (χ2v) is 3.13. The predicted octanol–water partition coefficient (Wildman–Crippen LogP) is 1.48. The highest BCUT2D eigenvalue weighted by Gasteiger charge is 2.10. The van der Waals surface area contributed by atoms with Gasteiger partial charge < -0.3 is 0 Å². The van der Waals surface area contributed by atoms with E-state index in [0.29, 0.717) is 0 Å². The number of hydrogen-bond acceptors (Lipinski definition) is 4. The van der Waals surface area contributed by atoms with E-state index in [1.165, 1.54) is 11.7 Å². The highest BCUT2D eigenvalue weighted by molar-refractivity contribution is 7.80. The third-order valence-corrected chi connectivity index (χ3v) is 2.22. The van der Waals surface area contributed by atoms with E-state index in [4.69, 9.17) is 12.2 Å². The van der Waals surface area contributed by atoms with Crippen LogP contribution >= 0.6 is 23.9 Å². The van der Waals surface area contributed by atoms with Crippen LogP contribution in [-0.2, 0) is 6.42 Å². The first-order valence-corrected chi connectivity index (χ1v) is 4.02. The number of thiocarbonyl (C=S) groups is 1. The third kappa shape index (κ3) is 0.892. The van der Waals surface area contributed by atoms with Crippen LogP contribution in [0.4, 0.5) is 0 Å². The van der Waals surface area contributed by atoms with Gasteiger partial charge in [0.25, 0.3) is 0 Å². The lowest BCUT2D eigenvalue weighted by Gasteiger charge is -2.00. The number of hydrogen-bond donors (Lipinski definition) is 0. The molecule has 1 aliphatic rings. The number of fused-ring (bicyclic) bond motifs is 1. The summed E-state index contributed by atoms with van der Waals surface area (Å²) < 4.78 is 8.17. The van der Waals surface area contributed by atoms with Crippen LogP contribution in [0.15, 0.2) is 6.08 Å². The van der Waals surface area contributed by atoms with Crippen molar-refractivity contribution in [3.05, 3.63) is 17.5 Å². The summed E-state index contributed by atoms with van der Waals surface area (Å²) in [7, 11) is 0. The summed E-state index contributed by atoms with van der Waals surface area (Å²) in [6, 6.07) is 0. The van der Waals surface area contributed by atoms with Crippen LogP contribution in [0.25, 0.3) is 6.08 Å². The summed E-state index contributed by atoms with van der Waals surface area (Å²) in [4.78, 5) is 0.945.